The quantitative estimate of drug-likeness (QED) is 0.784. The summed E-state index contributed by atoms with van der Waals surface area (Å²) in [7, 11) is 0. The van der Waals surface area contributed by atoms with Crippen molar-refractivity contribution in [2.45, 2.75) is 51.6 Å². The second kappa shape index (κ2) is 8.29. The van der Waals surface area contributed by atoms with Gasteiger partial charge in [0, 0.05) is 6.42 Å². The van der Waals surface area contributed by atoms with Gasteiger partial charge < -0.3 is 10.1 Å². The molecule has 23 heavy (non-hydrogen) atoms. The first-order valence-corrected chi connectivity index (χ1v) is 8.29. The molecular weight excluding hydrogens is 321 g/mol. The number of rotatable bonds is 6. The fraction of sp³-hybridized carbons (Fsp3) is 0.529. The van der Waals surface area contributed by atoms with Crippen LogP contribution in [0.4, 0.5) is 10.1 Å². The highest BCUT2D eigenvalue weighted by Gasteiger charge is 2.21. The SMILES string of the molecule is C[C@@H](OC(=O)CCC1CCCC1)C(=O)Nc1ccc(F)cc1Cl. The Hall–Kier alpha value is -1.62. The van der Waals surface area contributed by atoms with E-state index in [4.69, 9.17) is 16.3 Å². The molecule has 0 radical (unpaired) electrons. The molecule has 0 saturated heterocycles. The van der Waals surface area contributed by atoms with E-state index in [9.17, 15) is 14.0 Å². The van der Waals surface area contributed by atoms with Gasteiger partial charge in [0.1, 0.15) is 5.82 Å². The average Bonchev–Trinajstić information content (AvgIpc) is 3.01. The predicted molar refractivity (Wildman–Crippen MR) is 86.8 cm³/mol. The van der Waals surface area contributed by atoms with Crippen molar-refractivity contribution >= 4 is 29.2 Å². The number of hydrogen-bond acceptors (Lipinski definition) is 3. The van der Waals surface area contributed by atoms with E-state index in [2.05, 4.69) is 5.32 Å². The lowest BCUT2D eigenvalue weighted by atomic mass is 10.0. The number of nitrogens with one attached hydrogen (secondary N) is 1. The molecule has 0 unspecified atom stereocenters. The predicted octanol–water partition coefficient (Wildman–Crippen LogP) is 4.32. The molecule has 0 bridgehead atoms. The Bertz CT molecular complexity index is 573. The van der Waals surface area contributed by atoms with Crippen molar-refractivity contribution in [1.82, 2.24) is 0 Å². The van der Waals surface area contributed by atoms with E-state index in [1.807, 2.05) is 0 Å². The molecule has 1 aromatic rings. The molecule has 1 N–H and O–H groups in total. The first kappa shape index (κ1) is 17.7. The number of esters is 1. The maximum atomic E-state index is 13.0. The van der Waals surface area contributed by atoms with E-state index in [-0.39, 0.29) is 16.7 Å². The van der Waals surface area contributed by atoms with Crippen LogP contribution in [0.5, 0.6) is 0 Å². The summed E-state index contributed by atoms with van der Waals surface area (Å²) in [5.41, 5.74) is 0.284. The lowest BCUT2D eigenvalue weighted by Gasteiger charge is -2.15. The summed E-state index contributed by atoms with van der Waals surface area (Å²) in [6.45, 7) is 1.50. The summed E-state index contributed by atoms with van der Waals surface area (Å²) in [6, 6.07) is 3.67. The zero-order valence-corrected chi connectivity index (χ0v) is 13.9. The van der Waals surface area contributed by atoms with Crippen LogP contribution in [0.15, 0.2) is 18.2 Å². The summed E-state index contributed by atoms with van der Waals surface area (Å²) >= 11 is 5.84. The van der Waals surface area contributed by atoms with E-state index < -0.39 is 17.8 Å². The van der Waals surface area contributed by atoms with Gasteiger partial charge in [-0.25, -0.2) is 4.39 Å². The molecule has 0 aromatic heterocycles. The van der Waals surface area contributed by atoms with Crippen LogP contribution in [0.25, 0.3) is 0 Å². The summed E-state index contributed by atoms with van der Waals surface area (Å²) < 4.78 is 18.1. The molecule has 2 rings (SSSR count). The van der Waals surface area contributed by atoms with Crippen molar-refractivity contribution in [3.05, 3.63) is 29.0 Å². The van der Waals surface area contributed by atoms with Crippen molar-refractivity contribution in [3.63, 3.8) is 0 Å². The van der Waals surface area contributed by atoms with Crippen LogP contribution in [0.3, 0.4) is 0 Å². The number of hydrogen-bond donors (Lipinski definition) is 1. The molecule has 1 aromatic carbocycles. The molecule has 1 aliphatic rings. The summed E-state index contributed by atoms with van der Waals surface area (Å²) in [4.78, 5) is 23.8. The summed E-state index contributed by atoms with van der Waals surface area (Å²) in [5.74, 6) is -0.749. The molecule has 1 amide bonds. The monoisotopic (exact) mass is 341 g/mol. The Morgan fingerprint density at radius 1 is 1.39 bits per heavy atom. The number of amides is 1. The van der Waals surface area contributed by atoms with Crippen molar-refractivity contribution in [3.8, 4) is 0 Å². The minimum absolute atomic E-state index is 0.0955. The van der Waals surface area contributed by atoms with Crippen LogP contribution in [0.2, 0.25) is 5.02 Å². The van der Waals surface area contributed by atoms with Gasteiger partial charge in [-0.05, 0) is 37.5 Å². The first-order chi connectivity index (χ1) is 11.0. The molecule has 126 valence electrons. The molecule has 0 heterocycles. The Morgan fingerprint density at radius 3 is 2.74 bits per heavy atom. The number of anilines is 1. The van der Waals surface area contributed by atoms with Gasteiger partial charge >= 0.3 is 5.97 Å². The van der Waals surface area contributed by atoms with Crippen molar-refractivity contribution in [1.29, 1.82) is 0 Å². The van der Waals surface area contributed by atoms with Gasteiger partial charge in [-0.15, -0.1) is 0 Å². The van der Waals surface area contributed by atoms with Crippen LogP contribution in [0.1, 0.15) is 45.4 Å². The highest BCUT2D eigenvalue weighted by molar-refractivity contribution is 6.33. The number of carbonyl (C=O) groups is 2. The number of benzene rings is 1. The van der Waals surface area contributed by atoms with Crippen molar-refractivity contribution in [2.24, 2.45) is 5.92 Å². The van der Waals surface area contributed by atoms with E-state index in [1.165, 1.54) is 44.7 Å². The van der Waals surface area contributed by atoms with E-state index in [1.54, 1.807) is 0 Å². The maximum absolute atomic E-state index is 13.0. The van der Waals surface area contributed by atoms with Crippen molar-refractivity contribution in [2.75, 3.05) is 5.32 Å². The van der Waals surface area contributed by atoms with Crippen LogP contribution in [-0.2, 0) is 14.3 Å². The lowest BCUT2D eigenvalue weighted by Crippen LogP contribution is -2.30. The third-order valence-corrected chi connectivity index (χ3v) is 4.41. The number of halogens is 2. The van der Waals surface area contributed by atoms with E-state index >= 15 is 0 Å². The van der Waals surface area contributed by atoms with Gasteiger partial charge in [0.2, 0.25) is 0 Å². The second-order valence-electron chi connectivity index (χ2n) is 5.93. The largest absolute Gasteiger partial charge is 0.453 e. The fourth-order valence-electron chi connectivity index (χ4n) is 2.76. The maximum Gasteiger partial charge on any atom is 0.306 e. The molecule has 6 heteroatoms. The van der Waals surface area contributed by atoms with Crippen LogP contribution in [-0.4, -0.2) is 18.0 Å². The topological polar surface area (TPSA) is 55.4 Å². The standard InChI is InChI=1S/C17H21ClFNO3/c1-11(23-16(21)9-6-12-4-2-3-5-12)17(22)20-15-8-7-13(19)10-14(15)18/h7-8,10-12H,2-6,9H2,1H3,(H,20,22)/t11-/m1/s1. The van der Waals surface area contributed by atoms with Gasteiger partial charge in [0.05, 0.1) is 10.7 Å². The molecule has 1 fully saturated rings. The molecule has 0 aliphatic heterocycles. The minimum atomic E-state index is -0.924. The zero-order chi connectivity index (χ0) is 16.8. The van der Waals surface area contributed by atoms with Crippen LogP contribution < -0.4 is 5.32 Å². The molecule has 0 spiro atoms. The van der Waals surface area contributed by atoms with Crippen LogP contribution >= 0.6 is 11.6 Å². The Kier molecular flexibility index (Phi) is 6.39. The van der Waals surface area contributed by atoms with Gasteiger partial charge in [-0.1, -0.05) is 37.3 Å². The lowest BCUT2D eigenvalue weighted by molar-refractivity contribution is -0.153. The molecule has 1 saturated carbocycles. The Labute approximate surface area is 140 Å². The van der Waals surface area contributed by atoms with E-state index in [0.717, 1.165) is 12.5 Å². The van der Waals surface area contributed by atoms with Gasteiger partial charge in [0.25, 0.3) is 5.91 Å². The number of carbonyl (C=O) groups excluding carboxylic acids is 2. The summed E-state index contributed by atoms with van der Waals surface area (Å²) in [5, 5.41) is 2.62. The number of ether oxygens (including phenoxy) is 1. The van der Waals surface area contributed by atoms with Gasteiger partial charge in [0.15, 0.2) is 6.10 Å². The minimum Gasteiger partial charge on any atom is -0.453 e. The van der Waals surface area contributed by atoms with Crippen LogP contribution in [0, 0.1) is 11.7 Å². The molecular formula is C17H21ClFNO3. The fourth-order valence-corrected chi connectivity index (χ4v) is 2.97. The Morgan fingerprint density at radius 2 is 2.09 bits per heavy atom. The zero-order valence-electron chi connectivity index (χ0n) is 13.1. The Balaban J connectivity index is 1.78. The smallest absolute Gasteiger partial charge is 0.306 e. The second-order valence-corrected chi connectivity index (χ2v) is 6.34. The molecule has 4 nitrogen and oxygen atoms in total. The first-order valence-electron chi connectivity index (χ1n) is 7.91. The van der Waals surface area contributed by atoms with Gasteiger partial charge in [-0.3, -0.25) is 9.59 Å². The van der Waals surface area contributed by atoms with Gasteiger partial charge in [-0.2, -0.15) is 0 Å². The molecule has 1 aliphatic carbocycles. The summed E-state index contributed by atoms with van der Waals surface area (Å²) in [6.07, 6.45) is 5.04. The normalized spacial score (nSPS) is 16.1. The highest BCUT2D eigenvalue weighted by Crippen LogP contribution is 2.28. The average molecular weight is 342 g/mol. The highest BCUT2D eigenvalue weighted by atomic mass is 35.5. The third kappa shape index (κ3) is 5.50. The van der Waals surface area contributed by atoms with E-state index in [0.29, 0.717) is 12.3 Å². The molecule has 1 atom stereocenters. The van der Waals surface area contributed by atoms with Crippen molar-refractivity contribution < 1.29 is 18.7 Å². The third-order valence-electron chi connectivity index (χ3n) is 4.10.